The van der Waals surface area contributed by atoms with Crippen LogP contribution in [0.3, 0.4) is 0 Å². The SMILES string of the molecule is CC(C)c1nn(C)c(OC2CCNCC2)c1[N+](=O)[O-]. The number of nitro groups is 1. The van der Waals surface area contributed by atoms with Gasteiger partial charge in [-0.25, -0.2) is 4.68 Å². The zero-order valence-corrected chi connectivity index (χ0v) is 11.5. The Bertz CT molecular complexity index is 464. The molecule has 1 aromatic rings. The van der Waals surface area contributed by atoms with Gasteiger partial charge in [-0.15, -0.1) is 0 Å². The number of ether oxygens (including phenoxy) is 1. The number of aryl methyl sites for hydroxylation is 1. The van der Waals surface area contributed by atoms with Crippen LogP contribution in [0.5, 0.6) is 5.88 Å². The topological polar surface area (TPSA) is 82.2 Å². The van der Waals surface area contributed by atoms with Gasteiger partial charge in [0.1, 0.15) is 11.8 Å². The summed E-state index contributed by atoms with van der Waals surface area (Å²) in [6, 6.07) is 0. The highest BCUT2D eigenvalue weighted by atomic mass is 16.6. The van der Waals surface area contributed by atoms with Gasteiger partial charge in [0, 0.05) is 13.0 Å². The summed E-state index contributed by atoms with van der Waals surface area (Å²) < 4.78 is 7.31. The molecule has 0 aromatic carbocycles. The van der Waals surface area contributed by atoms with Crippen molar-refractivity contribution in [2.24, 2.45) is 7.05 Å². The third-order valence-electron chi connectivity index (χ3n) is 3.29. The second-order valence-corrected chi connectivity index (χ2v) is 5.14. The Labute approximate surface area is 112 Å². The molecule has 0 unspecified atom stereocenters. The first-order valence-electron chi connectivity index (χ1n) is 6.59. The molecule has 0 saturated carbocycles. The molecule has 19 heavy (non-hydrogen) atoms. The van der Waals surface area contributed by atoms with E-state index in [0.717, 1.165) is 25.9 Å². The molecular weight excluding hydrogens is 248 g/mol. The van der Waals surface area contributed by atoms with Gasteiger partial charge in [0.2, 0.25) is 0 Å². The number of hydrogen-bond acceptors (Lipinski definition) is 5. The van der Waals surface area contributed by atoms with Crippen LogP contribution in [0.2, 0.25) is 0 Å². The Balaban J connectivity index is 2.30. The number of piperidine rings is 1. The average Bonchev–Trinajstić information content (AvgIpc) is 2.68. The van der Waals surface area contributed by atoms with E-state index in [4.69, 9.17) is 4.74 Å². The number of nitrogens with one attached hydrogen (secondary N) is 1. The van der Waals surface area contributed by atoms with E-state index in [9.17, 15) is 10.1 Å². The molecule has 7 heteroatoms. The standard InChI is InChI=1S/C12H20N4O3/c1-8(2)10-11(16(17)18)12(15(3)14-10)19-9-4-6-13-7-5-9/h8-9,13H,4-7H2,1-3H3. The lowest BCUT2D eigenvalue weighted by atomic mass is 10.1. The third kappa shape index (κ3) is 2.86. The van der Waals surface area contributed by atoms with Gasteiger partial charge in [-0.1, -0.05) is 13.8 Å². The number of nitrogens with zero attached hydrogens (tertiary/aromatic N) is 3. The third-order valence-corrected chi connectivity index (χ3v) is 3.29. The molecule has 0 bridgehead atoms. The summed E-state index contributed by atoms with van der Waals surface area (Å²) >= 11 is 0. The van der Waals surface area contributed by atoms with Crippen molar-refractivity contribution < 1.29 is 9.66 Å². The van der Waals surface area contributed by atoms with Gasteiger partial charge in [-0.3, -0.25) is 10.1 Å². The minimum Gasteiger partial charge on any atom is -0.470 e. The molecule has 1 fully saturated rings. The molecule has 1 saturated heterocycles. The lowest BCUT2D eigenvalue weighted by molar-refractivity contribution is -0.387. The maximum Gasteiger partial charge on any atom is 0.353 e. The summed E-state index contributed by atoms with van der Waals surface area (Å²) in [5.41, 5.74) is 0.493. The summed E-state index contributed by atoms with van der Waals surface area (Å²) in [6.45, 7) is 5.55. The molecular formula is C12H20N4O3. The van der Waals surface area contributed by atoms with E-state index < -0.39 is 4.92 Å². The van der Waals surface area contributed by atoms with Crippen molar-refractivity contribution in [3.63, 3.8) is 0 Å². The van der Waals surface area contributed by atoms with Crippen molar-refractivity contribution in [2.45, 2.75) is 38.7 Å². The van der Waals surface area contributed by atoms with Gasteiger partial charge in [-0.2, -0.15) is 5.10 Å². The van der Waals surface area contributed by atoms with E-state index >= 15 is 0 Å². The van der Waals surface area contributed by atoms with Crippen LogP contribution < -0.4 is 10.1 Å². The van der Waals surface area contributed by atoms with Gasteiger partial charge in [0.05, 0.1) is 4.92 Å². The zero-order chi connectivity index (χ0) is 14.0. The van der Waals surface area contributed by atoms with E-state index in [-0.39, 0.29) is 23.6 Å². The normalized spacial score (nSPS) is 16.8. The Morgan fingerprint density at radius 3 is 2.63 bits per heavy atom. The van der Waals surface area contributed by atoms with Gasteiger partial charge in [0.25, 0.3) is 5.88 Å². The fourth-order valence-corrected chi connectivity index (χ4v) is 2.28. The Hall–Kier alpha value is -1.63. The molecule has 1 aromatic heterocycles. The lowest BCUT2D eigenvalue weighted by Gasteiger charge is -2.23. The summed E-state index contributed by atoms with van der Waals surface area (Å²) in [6.07, 6.45) is 1.74. The quantitative estimate of drug-likeness (QED) is 0.662. The van der Waals surface area contributed by atoms with Crippen molar-refractivity contribution in [1.29, 1.82) is 0 Å². The van der Waals surface area contributed by atoms with Crippen molar-refractivity contribution in [3.8, 4) is 5.88 Å². The van der Waals surface area contributed by atoms with Crippen molar-refractivity contribution in [1.82, 2.24) is 15.1 Å². The smallest absolute Gasteiger partial charge is 0.353 e. The first-order valence-corrected chi connectivity index (χ1v) is 6.59. The van der Waals surface area contributed by atoms with Gasteiger partial charge in [-0.05, 0) is 25.9 Å². The van der Waals surface area contributed by atoms with Crippen LogP contribution in [-0.4, -0.2) is 33.9 Å². The molecule has 0 atom stereocenters. The molecule has 2 rings (SSSR count). The number of aromatic nitrogens is 2. The zero-order valence-electron chi connectivity index (χ0n) is 11.5. The largest absolute Gasteiger partial charge is 0.470 e. The highest BCUT2D eigenvalue weighted by Gasteiger charge is 2.31. The van der Waals surface area contributed by atoms with Crippen LogP contribution in [-0.2, 0) is 7.05 Å². The maximum atomic E-state index is 11.3. The van der Waals surface area contributed by atoms with Gasteiger partial charge >= 0.3 is 5.69 Å². The number of hydrogen-bond donors (Lipinski definition) is 1. The molecule has 2 heterocycles. The Morgan fingerprint density at radius 1 is 1.47 bits per heavy atom. The van der Waals surface area contributed by atoms with E-state index in [1.807, 2.05) is 13.8 Å². The van der Waals surface area contributed by atoms with E-state index in [1.165, 1.54) is 4.68 Å². The molecule has 7 nitrogen and oxygen atoms in total. The van der Waals surface area contributed by atoms with E-state index in [0.29, 0.717) is 5.69 Å². The van der Waals surface area contributed by atoms with E-state index in [2.05, 4.69) is 10.4 Å². The minimum absolute atomic E-state index is 0.00280. The highest BCUT2D eigenvalue weighted by molar-refractivity contribution is 5.47. The molecule has 106 valence electrons. The maximum absolute atomic E-state index is 11.3. The molecule has 0 amide bonds. The summed E-state index contributed by atoms with van der Waals surface area (Å²) in [4.78, 5) is 10.9. The fourth-order valence-electron chi connectivity index (χ4n) is 2.28. The highest BCUT2D eigenvalue weighted by Crippen LogP contribution is 2.35. The van der Waals surface area contributed by atoms with E-state index in [1.54, 1.807) is 7.05 Å². The lowest BCUT2D eigenvalue weighted by Crippen LogP contribution is -2.34. The Morgan fingerprint density at radius 2 is 2.11 bits per heavy atom. The van der Waals surface area contributed by atoms with Crippen molar-refractivity contribution >= 4 is 5.69 Å². The summed E-state index contributed by atoms with van der Waals surface area (Å²) in [7, 11) is 1.69. The molecule has 1 aliphatic heterocycles. The monoisotopic (exact) mass is 268 g/mol. The van der Waals surface area contributed by atoms with Gasteiger partial charge < -0.3 is 10.1 Å². The summed E-state index contributed by atoms with van der Waals surface area (Å²) in [5.74, 6) is 0.276. The predicted octanol–water partition coefficient (Wildman–Crippen LogP) is 1.58. The van der Waals surface area contributed by atoms with Crippen LogP contribution in [0.15, 0.2) is 0 Å². The van der Waals surface area contributed by atoms with Crippen LogP contribution in [0.25, 0.3) is 0 Å². The second kappa shape index (κ2) is 5.56. The summed E-state index contributed by atoms with van der Waals surface area (Å²) in [5, 5.41) is 18.7. The first-order chi connectivity index (χ1) is 9.00. The predicted molar refractivity (Wildman–Crippen MR) is 70.5 cm³/mol. The van der Waals surface area contributed by atoms with Crippen LogP contribution in [0, 0.1) is 10.1 Å². The second-order valence-electron chi connectivity index (χ2n) is 5.14. The molecule has 0 spiro atoms. The van der Waals surface area contributed by atoms with Crippen LogP contribution >= 0.6 is 0 Å². The van der Waals surface area contributed by atoms with Gasteiger partial charge in [0.15, 0.2) is 0 Å². The fraction of sp³-hybridized carbons (Fsp3) is 0.750. The first kappa shape index (κ1) is 13.8. The van der Waals surface area contributed by atoms with Crippen LogP contribution in [0.1, 0.15) is 38.3 Å². The minimum atomic E-state index is -0.390. The average molecular weight is 268 g/mol. The Kier molecular flexibility index (Phi) is 4.04. The molecule has 0 aliphatic carbocycles. The van der Waals surface area contributed by atoms with Crippen LogP contribution in [0.4, 0.5) is 5.69 Å². The molecule has 0 radical (unpaired) electrons. The molecule has 1 N–H and O–H groups in total. The number of rotatable bonds is 4. The molecule has 1 aliphatic rings. The van der Waals surface area contributed by atoms with Crippen molar-refractivity contribution in [2.75, 3.05) is 13.1 Å². The van der Waals surface area contributed by atoms with Crippen molar-refractivity contribution in [3.05, 3.63) is 15.8 Å².